The SMILES string of the molecule is CCCCCCCn1cccc(/C(N)=N/O)c1=O. The minimum absolute atomic E-state index is 0.139. The number of hydrogen-bond acceptors (Lipinski definition) is 3. The second-order valence-corrected chi connectivity index (χ2v) is 4.32. The summed E-state index contributed by atoms with van der Waals surface area (Å²) in [7, 11) is 0. The van der Waals surface area contributed by atoms with Gasteiger partial charge in [0.1, 0.15) is 0 Å². The molecule has 0 atom stereocenters. The molecule has 5 heteroatoms. The van der Waals surface area contributed by atoms with E-state index in [1.165, 1.54) is 19.3 Å². The molecule has 0 unspecified atom stereocenters. The van der Waals surface area contributed by atoms with Crippen molar-refractivity contribution < 1.29 is 5.21 Å². The summed E-state index contributed by atoms with van der Waals surface area (Å²) >= 11 is 0. The van der Waals surface area contributed by atoms with Crippen LogP contribution in [0, 0.1) is 0 Å². The van der Waals surface area contributed by atoms with E-state index in [9.17, 15) is 4.79 Å². The Morgan fingerprint density at radius 3 is 2.78 bits per heavy atom. The Morgan fingerprint density at radius 1 is 1.39 bits per heavy atom. The fourth-order valence-electron chi connectivity index (χ4n) is 1.85. The number of aromatic nitrogens is 1. The molecule has 0 fully saturated rings. The Kier molecular flexibility index (Phi) is 5.97. The Bertz CT molecular complexity index is 452. The molecule has 0 saturated carbocycles. The van der Waals surface area contributed by atoms with Gasteiger partial charge in [-0.3, -0.25) is 4.79 Å². The van der Waals surface area contributed by atoms with Crippen molar-refractivity contribution >= 4 is 5.84 Å². The molecule has 0 amide bonds. The molecular weight excluding hydrogens is 230 g/mol. The Hall–Kier alpha value is -1.78. The second-order valence-electron chi connectivity index (χ2n) is 4.32. The molecule has 1 rings (SSSR count). The number of amidine groups is 1. The third-order valence-corrected chi connectivity index (χ3v) is 2.91. The van der Waals surface area contributed by atoms with Crippen molar-refractivity contribution in [3.63, 3.8) is 0 Å². The number of oxime groups is 1. The molecule has 0 aliphatic heterocycles. The summed E-state index contributed by atoms with van der Waals surface area (Å²) in [5.41, 5.74) is 5.48. The summed E-state index contributed by atoms with van der Waals surface area (Å²) < 4.78 is 1.61. The van der Waals surface area contributed by atoms with Gasteiger partial charge in [0.15, 0.2) is 5.84 Å². The highest BCUT2D eigenvalue weighted by atomic mass is 16.4. The standard InChI is InChI=1S/C13H21N3O2/c1-2-3-4-5-6-9-16-10-7-8-11(13(16)17)12(14)15-18/h7-8,10,18H,2-6,9H2,1H3,(H2,14,15). The van der Waals surface area contributed by atoms with E-state index in [-0.39, 0.29) is 17.0 Å². The third kappa shape index (κ3) is 3.91. The molecular formula is C13H21N3O2. The monoisotopic (exact) mass is 251 g/mol. The van der Waals surface area contributed by atoms with Gasteiger partial charge in [-0.2, -0.15) is 0 Å². The van der Waals surface area contributed by atoms with Gasteiger partial charge in [-0.1, -0.05) is 37.8 Å². The highest BCUT2D eigenvalue weighted by Crippen LogP contribution is 2.03. The van der Waals surface area contributed by atoms with Gasteiger partial charge in [0.2, 0.25) is 0 Å². The van der Waals surface area contributed by atoms with E-state index in [1.54, 1.807) is 22.9 Å². The number of aryl methyl sites for hydroxylation is 1. The van der Waals surface area contributed by atoms with Crippen LogP contribution in [0.1, 0.15) is 44.6 Å². The highest BCUT2D eigenvalue weighted by molar-refractivity contribution is 5.96. The fourth-order valence-corrected chi connectivity index (χ4v) is 1.85. The maximum atomic E-state index is 12.0. The Labute approximate surface area is 107 Å². The van der Waals surface area contributed by atoms with Crippen LogP contribution in [0.5, 0.6) is 0 Å². The minimum atomic E-state index is -0.205. The molecule has 0 spiro atoms. The van der Waals surface area contributed by atoms with Crippen LogP contribution in [0.25, 0.3) is 0 Å². The minimum Gasteiger partial charge on any atom is -0.409 e. The molecule has 0 aliphatic rings. The number of unbranched alkanes of at least 4 members (excludes halogenated alkanes) is 4. The molecule has 0 aliphatic carbocycles. The number of nitrogens with zero attached hydrogens (tertiary/aromatic N) is 2. The lowest BCUT2D eigenvalue weighted by Crippen LogP contribution is -2.29. The van der Waals surface area contributed by atoms with Crippen LogP contribution in [0.4, 0.5) is 0 Å². The first-order valence-corrected chi connectivity index (χ1v) is 6.38. The topological polar surface area (TPSA) is 80.6 Å². The van der Waals surface area contributed by atoms with Crippen LogP contribution in [0.2, 0.25) is 0 Å². The first-order valence-electron chi connectivity index (χ1n) is 6.38. The van der Waals surface area contributed by atoms with Crippen molar-refractivity contribution in [1.29, 1.82) is 0 Å². The van der Waals surface area contributed by atoms with Crippen LogP contribution < -0.4 is 11.3 Å². The lowest BCUT2D eigenvalue weighted by molar-refractivity contribution is 0.318. The summed E-state index contributed by atoms with van der Waals surface area (Å²) in [4.78, 5) is 12.0. The molecule has 1 aromatic heterocycles. The maximum absolute atomic E-state index is 12.0. The highest BCUT2D eigenvalue weighted by Gasteiger charge is 2.06. The quantitative estimate of drug-likeness (QED) is 0.255. The number of nitrogens with two attached hydrogens (primary N) is 1. The smallest absolute Gasteiger partial charge is 0.261 e. The summed E-state index contributed by atoms with van der Waals surface area (Å²) in [5.74, 6) is -0.139. The third-order valence-electron chi connectivity index (χ3n) is 2.91. The van der Waals surface area contributed by atoms with E-state index in [0.29, 0.717) is 6.54 Å². The summed E-state index contributed by atoms with van der Waals surface area (Å²) in [5, 5.41) is 11.5. The van der Waals surface area contributed by atoms with Crippen LogP contribution >= 0.6 is 0 Å². The molecule has 18 heavy (non-hydrogen) atoms. The number of pyridine rings is 1. The average Bonchev–Trinajstić information content (AvgIpc) is 2.39. The lowest BCUT2D eigenvalue weighted by Gasteiger charge is -2.07. The zero-order chi connectivity index (χ0) is 13.4. The van der Waals surface area contributed by atoms with Crippen molar-refractivity contribution in [2.24, 2.45) is 10.9 Å². The predicted molar refractivity (Wildman–Crippen MR) is 72.0 cm³/mol. The van der Waals surface area contributed by atoms with E-state index < -0.39 is 0 Å². The molecule has 0 saturated heterocycles. The normalized spacial score (nSPS) is 11.7. The summed E-state index contributed by atoms with van der Waals surface area (Å²) in [6.07, 6.45) is 7.47. The van der Waals surface area contributed by atoms with Crippen LogP contribution in [-0.2, 0) is 6.54 Å². The molecule has 100 valence electrons. The summed E-state index contributed by atoms with van der Waals surface area (Å²) in [6, 6.07) is 3.30. The van der Waals surface area contributed by atoms with E-state index in [1.807, 2.05) is 0 Å². The average molecular weight is 251 g/mol. The van der Waals surface area contributed by atoms with E-state index in [2.05, 4.69) is 12.1 Å². The fraction of sp³-hybridized carbons (Fsp3) is 0.538. The molecule has 1 heterocycles. The lowest BCUT2D eigenvalue weighted by atomic mass is 10.1. The largest absolute Gasteiger partial charge is 0.409 e. The number of hydrogen-bond donors (Lipinski definition) is 2. The Morgan fingerprint density at radius 2 is 2.11 bits per heavy atom. The molecule has 0 aromatic carbocycles. The maximum Gasteiger partial charge on any atom is 0.261 e. The van der Waals surface area contributed by atoms with Gasteiger partial charge in [0.25, 0.3) is 5.56 Å². The van der Waals surface area contributed by atoms with Crippen LogP contribution in [0.15, 0.2) is 28.3 Å². The van der Waals surface area contributed by atoms with Gasteiger partial charge in [-0.25, -0.2) is 0 Å². The predicted octanol–water partition coefficient (Wildman–Crippen LogP) is 1.91. The van der Waals surface area contributed by atoms with E-state index in [0.717, 1.165) is 12.8 Å². The first-order chi connectivity index (χ1) is 8.70. The molecule has 1 aromatic rings. The molecule has 3 N–H and O–H groups in total. The van der Waals surface area contributed by atoms with Gasteiger partial charge >= 0.3 is 0 Å². The van der Waals surface area contributed by atoms with Gasteiger partial charge in [0.05, 0.1) is 5.56 Å². The van der Waals surface area contributed by atoms with E-state index >= 15 is 0 Å². The van der Waals surface area contributed by atoms with Crippen molar-refractivity contribution in [3.8, 4) is 0 Å². The van der Waals surface area contributed by atoms with Crippen molar-refractivity contribution in [2.45, 2.75) is 45.6 Å². The van der Waals surface area contributed by atoms with Gasteiger partial charge in [-0.15, -0.1) is 0 Å². The zero-order valence-corrected chi connectivity index (χ0v) is 10.8. The molecule has 0 bridgehead atoms. The Balaban J connectivity index is 2.64. The van der Waals surface area contributed by atoms with Gasteiger partial charge in [-0.05, 0) is 18.6 Å². The molecule has 5 nitrogen and oxygen atoms in total. The van der Waals surface area contributed by atoms with Crippen molar-refractivity contribution in [1.82, 2.24) is 4.57 Å². The second kappa shape index (κ2) is 7.53. The van der Waals surface area contributed by atoms with Gasteiger partial charge < -0.3 is 15.5 Å². The van der Waals surface area contributed by atoms with Crippen molar-refractivity contribution in [2.75, 3.05) is 0 Å². The zero-order valence-electron chi connectivity index (χ0n) is 10.8. The number of rotatable bonds is 7. The van der Waals surface area contributed by atoms with E-state index in [4.69, 9.17) is 10.9 Å². The van der Waals surface area contributed by atoms with Crippen molar-refractivity contribution in [3.05, 3.63) is 34.2 Å². The first kappa shape index (κ1) is 14.3. The summed E-state index contributed by atoms with van der Waals surface area (Å²) in [6.45, 7) is 2.85. The van der Waals surface area contributed by atoms with Crippen LogP contribution in [0.3, 0.4) is 0 Å². The van der Waals surface area contributed by atoms with Gasteiger partial charge in [0, 0.05) is 12.7 Å². The van der Waals surface area contributed by atoms with Crippen LogP contribution in [-0.4, -0.2) is 15.6 Å². The molecule has 0 radical (unpaired) electrons.